The van der Waals surface area contributed by atoms with Crippen molar-refractivity contribution in [2.75, 3.05) is 6.61 Å². The molecule has 5 rings (SSSR count). The molecule has 124 valence electrons. The first-order valence-electron chi connectivity index (χ1n) is 8.51. The van der Waals surface area contributed by atoms with Gasteiger partial charge in [-0.2, -0.15) is 4.98 Å². The number of carbonyl (C=O) groups is 1. The molecule has 1 amide bonds. The Hall–Kier alpha value is -1.85. The van der Waals surface area contributed by atoms with E-state index in [2.05, 4.69) is 15.3 Å². The Bertz CT molecular complexity index is 647. The molecule has 23 heavy (non-hydrogen) atoms. The SMILES string of the molecule is Cc1cc(OCC(=O)NC23CC4CC(CC(C4)C2)C3)nc(=O)[nH]1. The van der Waals surface area contributed by atoms with Crippen molar-refractivity contribution in [2.24, 2.45) is 17.8 Å². The average Bonchev–Trinajstić information content (AvgIpc) is 2.42. The fourth-order valence-electron chi connectivity index (χ4n) is 5.36. The number of aromatic nitrogens is 2. The first kappa shape index (κ1) is 14.7. The van der Waals surface area contributed by atoms with Crippen LogP contribution in [0.1, 0.15) is 44.2 Å². The van der Waals surface area contributed by atoms with Crippen LogP contribution in [-0.4, -0.2) is 28.0 Å². The maximum absolute atomic E-state index is 12.3. The molecule has 0 spiro atoms. The number of ether oxygens (including phenoxy) is 1. The van der Waals surface area contributed by atoms with Crippen LogP contribution in [0.2, 0.25) is 0 Å². The lowest BCUT2D eigenvalue weighted by atomic mass is 9.53. The zero-order chi connectivity index (χ0) is 16.0. The molecule has 0 aliphatic heterocycles. The lowest BCUT2D eigenvalue weighted by Gasteiger charge is -2.56. The minimum Gasteiger partial charge on any atom is -0.467 e. The van der Waals surface area contributed by atoms with E-state index < -0.39 is 5.69 Å². The van der Waals surface area contributed by atoms with Crippen molar-refractivity contribution in [3.05, 3.63) is 22.2 Å². The molecule has 1 aromatic heterocycles. The molecular formula is C17H23N3O3. The minimum atomic E-state index is -0.457. The maximum atomic E-state index is 12.3. The number of nitrogens with one attached hydrogen (secondary N) is 2. The Labute approximate surface area is 135 Å². The van der Waals surface area contributed by atoms with Gasteiger partial charge in [0.25, 0.3) is 5.91 Å². The number of amides is 1. The molecule has 4 saturated carbocycles. The third-order valence-corrected chi connectivity index (χ3v) is 5.65. The van der Waals surface area contributed by atoms with Crippen molar-refractivity contribution >= 4 is 5.91 Å². The van der Waals surface area contributed by atoms with E-state index in [1.54, 1.807) is 13.0 Å². The molecule has 6 nitrogen and oxygen atoms in total. The van der Waals surface area contributed by atoms with Crippen LogP contribution >= 0.6 is 0 Å². The lowest BCUT2D eigenvalue weighted by Crippen LogP contribution is -2.60. The molecule has 0 unspecified atom stereocenters. The zero-order valence-electron chi connectivity index (χ0n) is 13.4. The second-order valence-electron chi connectivity index (χ2n) is 7.74. The Kier molecular flexibility index (Phi) is 3.43. The number of nitrogens with zero attached hydrogens (tertiary/aromatic N) is 1. The third kappa shape index (κ3) is 2.99. The van der Waals surface area contributed by atoms with Gasteiger partial charge in [0.15, 0.2) is 6.61 Å². The molecule has 0 atom stereocenters. The van der Waals surface area contributed by atoms with E-state index in [9.17, 15) is 9.59 Å². The van der Waals surface area contributed by atoms with E-state index >= 15 is 0 Å². The molecule has 4 bridgehead atoms. The molecule has 1 aromatic rings. The van der Waals surface area contributed by atoms with Gasteiger partial charge in [-0.25, -0.2) is 4.79 Å². The quantitative estimate of drug-likeness (QED) is 0.882. The van der Waals surface area contributed by atoms with Gasteiger partial charge in [0.2, 0.25) is 5.88 Å². The summed E-state index contributed by atoms with van der Waals surface area (Å²) in [6, 6.07) is 1.62. The summed E-state index contributed by atoms with van der Waals surface area (Å²) in [7, 11) is 0. The van der Waals surface area contributed by atoms with Gasteiger partial charge in [0.05, 0.1) is 0 Å². The number of carbonyl (C=O) groups excluding carboxylic acids is 1. The van der Waals surface area contributed by atoms with Crippen LogP contribution in [0.25, 0.3) is 0 Å². The summed E-state index contributed by atoms with van der Waals surface area (Å²) in [5.74, 6) is 2.47. The summed E-state index contributed by atoms with van der Waals surface area (Å²) in [6.07, 6.45) is 7.40. The van der Waals surface area contributed by atoms with Crippen LogP contribution in [0.3, 0.4) is 0 Å². The topological polar surface area (TPSA) is 84.1 Å². The first-order chi connectivity index (χ1) is 11.0. The van der Waals surface area contributed by atoms with Gasteiger partial charge in [0, 0.05) is 17.3 Å². The van der Waals surface area contributed by atoms with Crippen LogP contribution in [0, 0.1) is 24.7 Å². The first-order valence-corrected chi connectivity index (χ1v) is 8.51. The molecular weight excluding hydrogens is 294 g/mol. The van der Waals surface area contributed by atoms with E-state index in [0.29, 0.717) is 5.69 Å². The molecule has 2 N–H and O–H groups in total. The smallest absolute Gasteiger partial charge is 0.348 e. The summed E-state index contributed by atoms with van der Waals surface area (Å²) in [6.45, 7) is 1.67. The van der Waals surface area contributed by atoms with Crippen molar-refractivity contribution in [2.45, 2.75) is 51.0 Å². The minimum absolute atomic E-state index is 0.00724. The van der Waals surface area contributed by atoms with Gasteiger partial charge in [0.1, 0.15) is 0 Å². The van der Waals surface area contributed by atoms with E-state index in [1.807, 2.05) is 0 Å². The Morgan fingerprint density at radius 2 is 1.91 bits per heavy atom. The van der Waals surface area contributed by atoms with E-state index in [4.69, 9.17) is 4.74 Å². The van der Waals surface area contributed by atoms with E-state index in [1.165, 1.54) is 19.3 Å². The fourth-order valence-corrected chi connectivity index (χ4v) is 5.36. The molecule has 0 radical (unpaired) electrons. The second-order valence-corrected chi connectivity index (χ2v) is 7.74. The van der Waals surface area contributed by atoms with Crippen LogP contribution in [0.5, 0.6) is 5.88 Å². The van der Waals surface area contributed by atoms with Crippen LogP contribution in [-0.2, 0) is 4.79 Å². The van der Waals surface area contributed by atoms with Crippen molar-refractivity contribution in [3.63, 3.8) is 0 Å². The van der Waals surface area contributed by atoms with Gasteiger partial charge in [-0.05, 0) is 63.2 Å². The summed E-state index contributed by atoms with van der Waals surface area (Å²) >= 11 is 0. The molecule has 1 heterocycles. The Morgan fingerprint density at radius 3 is 2.48 bits per heavy atom. The summed E-state index contributed by atoms with van der Waals surface area (Å²) in [5.41, 5.74) is 0.204. The number of hydrogen-bond donors (Lipinski definition) is 2. The van der Waals surface area contributed by atoms with Crippen molar-refractivity contribution in [3.8, 4) is 5.88 Å². The number of aryl methyl sites for hydroxylation is 1. The second kappa shape index (κ2) is 5.35. The van der Waals surface area contributed by atoms with E-state index in [-0.39, 0.29) is 23.9 Å². The predicted octanol–water partition coefficient (Wildman–Crippen LogP) is 1.54. The highest BCUT2D eigenvalue weighted by Crippen LogP contribution is 2.55. The number of rotatable bonds is 4. The van der Waals surface area contributed by atoms with Gasteiger partial charge in [-0.3, -0.25) is 4.79 Å². The molecule has 4 aliphatic carbocycles. The zero-order valence-corrected chi connectivity index (χ0v) is 13.4. The number of aromatic amines is 1. The highest BCUT2D eigenvalue weighted by Gasteiger charge is 2.51. The highest BCUT2D eigenvalue weighted by molar-refractivity contribution is 5.78. The van der Waals surface area contributed by atoms with Crippen LogP contribution < -0.4 is 15.7 Å². The van der Waals surface area contributed by atoms with Gasteiger partial charge in [-0.1, -0.05) is 0 Å². The van der Waals surface area contributed by atoms with Gasteiger partial charge in [-0.15, -0.1) is 0 Å². The largest absolute Gasteiger partial charge is 0.467 e. The van der Waals surface area contributed by atoms with Crippen molar-refractivity contribution in [1.82, 2.24) is 15.3 Å². The van der Waals surface area contributed by atoms with Gasteiger partial charge >= 0.3 is 5.69 Å². The average molecular weight is 317 g/mol. The molecule has 4 fully saturated rings. The lowest BCUT2D eigenvalue weighted by molar-refractivity contribution is -0.128. The van der Waals surface area contributed by atoms with E-state index in [0.717, 1.165) is 37.0 Å². The van der Waals surface area contributed by atoms with Gasteiger partial charge < -0.3 is 15.0 Å². The number of hydrogen-bond acceptors (Lipinski definition) is 4. The normalized spacial score (nSPS) is 34.4. The standard InChI is InChI=1S/C17H23N3O3/c1-10-2-15(19-16(22)18-10)23-9-14(21)20-17-6-11-3-12(7-17)5-13(4-11)8-17/h2,11-13H,3-9H2,1H3,(H,20,21)(H,18,19,22). The summed E-state index contributed by atoms with van der Waals surface area (Å²) in [5, 5.41) is 3.25. The Balaban J connectivity index is 1.38. The number of H-pyrrole nitrogens is 1. The molecule has 6 heteroatoms. The predicted molar refractivity (Wildman–Crippen MR) is 84.1 cm³/mol. The Morgan fingerprint density at radius 1 is 1.30 bits per heavy atom. The van der Waals surface area contributed by atoms with Crippen LogP contribution in [0.4, 0.5) is 0 Å². The molecule has 0 aromatic carbocycles. The molecule has 4 aliphatic rings. The summed E-state index contributed by atoms with van der Waals surface area (Å²) < 4.78 is 5.40. The molecule has 0 saturated heterocycles. The fraction of sp³-hybridized carbons (Fsp3) is 0.706. The monoisotopic (exact) mass is 317 g/mol. The van der Waals surface area contributed by atoms with Crippen molar-refractivity contribution < 1.29 is 9.53 Å². The van der Waals surface area contributed by atoms with Crippen molar-refractivity contribution in [1.29, 1.82) is 0 Å². The summed E-state index contributed by atoms with van der Waals surface area (Å²) in [4.78, 5) is 29.9. The van der Waals surface area contributed by atoms with Crippen LogP contribution in [0.15, 0.2) is 10.9 Å². The maximum Gasteiger partial charge on any atom is 0.348 e. The third-order valence-electron chi connectivity index (χ3n) is 5.65. The highest BCUT2D eigenvalue weighted by atomic mass is 16.5.